The van der Waals surface area contributed by atoms with Crippen molar-refractivity contribution in [3.8, 4) is 0 Å². The van der Waals surface area contributed by atoms with Crippen LogP contribution in [0.3, 0.4) is 0 Å². The normalized spacial score (nSPS) is 19.0. The number of piperidine rings is 1. The average Bonchev–Trinajstić information content (AvgIpc) is 2.38. The lowest BCUT2D eigenvalue weighted by Gasteiger charge is -2.21. The van der Waals surface area contributed by atoms with Gasteiger partial charge in [0.05, 0.1) is 4.92 Å². The van der Waals surface area contributed by atoms with Crippen molar-refractivity contribution in [3.05, 3.63) is 28.4 Å². The van der Waals surface area contributed by atoms with E-state index in [2.05, 4.69) is 10.3 Å². The van der Waals surface area contributed by atoms with Crippen LogP contribution >= 0.6 is 24.2 Å². The third-order valence-electron chi connectivity index (χ3n) is 2.80. The minimum atomic E-state index is -0.367. The van der Waals surface area contributed by atoms with Crippen LogP contribution in [0, 0.1) is 16.0 Å². The molecule has 2 heterocycles. The molecule has 0 bridgehead atoms. The van der Waals surface area contributed by atoms with Crippen molar-refractivity contribution in [3.63, 3.8) is 0 Å². The van der Waals surface area contributed by atoms with Gasteiger partial charge < -0.3 is 5.32 Å². The first-order valence-corrected chi connectivity index (χ1v) is 6.69. The van der Waals surface area contributed by atoms with Gasteiger partial charge in [-0.25, -0.2) is 4.98 Å². The zero-order chi connectivity index (χ0) is 12.1. The number of nitrogens with zero attached hydrogens (tertiary/aromatic N) is 2. The summed E-state index contributed by atoms with van der Waals surface area (Å²) in [5.74, 6) is 1.49. The van der Waals surface area contributed by atoms with Crippen molar-refractivity contribution in [1.29, 1.82) is 0 Å². The van der Waals surface area contributed by atoms with Gasteiger partial charge in [0, 0.05) is 18.0 Å². The number of aromatic nitrogens is 1. The molecular weight excluding hydrogens is 274 g/mol. The lowest BCUT2D eigenvalue weighted by atomic mass is 10.0. The van der Waals surface area contributed by atoms with E-state index in [1.165, 1.54) is 30.7 Å². The quantitative estimate of drug-likeness (QED) is 0.524. The summed E-state index contributed by atoms with van der Waals surface area (Å²) in [6.07, 6.45) is 3.99. The van der Waals surface area contributed by atoms with Gasteiger partial charge in [0.25, 0.3) is 0 Å². The molecule has 1 fully saturated rings. The molecule has 1 unspecified atom stereocenters. The highest BCUT2D eigenvalue weighted by Crippen LogP contribution is 2.29. The number of nitro groups is 1. The van der Waals surface area contributed by atoms with Crippen LogP contribution in [0.5, 0.6) is 0 Å². The van der Waals surface area contributed by atoms with E-state index in [-0.39, 0.29) is 23.0 Å². The van der Waals surface area contributed by atoms with Crippen molar-refractivity contribution in [2.75, 3.05) is 18.8 Å². The lowest BCUT2D eigenvalue weighted by molar-refractivity contribution is -0.388. The van der Waals surface area contributed by atoms with Crippen molar-refractivity contribution in [2.45, 2.75) is 17.9 Å². The third-order valence-corrected chi connectivity index (χ3v) is 4.03. The summed E-state index contributed by atoms with van der Waals surface area (Å²) in [4.78, 5) is 14.5. The highest BCUT2D eigenvalue weighted by atomic mass is 35.5. The van der Waals surface area contributed by atoms with Gasteiger partial charge in [-0.3, -0.25) is 10.1 Å². The Labute approximate surface area is 116 Å². The largest absolute Gasteiger partial charge is 0.316 e. The molecule has 0 amide bonds. The van der Waals surface area contributed by atoms with E-state index in [4.69, 9.17) is 0 Å². The molecule has 7 heteroatoms. The molecule has 1 aliphatic heterocycles. The number of rotatable bonds is 4. The molecular formula is C11H16ClN3O2S. The summed E-state index contributed by atoms with van der Waals surface area (Å²) >= 11 is 1.49. The smallest absolute Gasteiger partial charge is 0.301 e. The molecule has 1 saturated heterocycles. The summed E-state index contributed by atoms with van der Waals surface area (Å²) in [7, 11) is 0. The standard InChI is InChI=1S/C11H15N3O2S.ClH/c15-14(16)10-4-2-6-13-11(10)17-8-9-3-1-5-12-7-9;/h2,4,6,9,12H,1,3,5,7-8H2;1H. The van der Waals surface area contributed by atoms with E-state index < -0.39 is 0 Å². The van der Waals surface area contributed by atoms with Crippen LogP contribution in [0.4, 0.5) is 5.69 Å². The second-order valence-electron chi connectivity index (χ2n) is 4.11. The Morgan fingerprint density at radius 2 is 2.44 bits per heavy atom. The first kappa shape index (κ1) is 15.2. The van der Waals surface area contributed by atoms with Crippen LogP contribution in [0.25, 0.3) is 0 Å². The minimum absolute atomic E-state index is 0. The Bertz CT molecular complexity index is 400. The van der Waals surface area contributed by atoms with Crippen LogP contribution in [0.15, 0.2) is 23.4 Å². The summed E-state index contributed by atoms with van der Waals surface area (Å²) < 4.78 is 0. The maximum Gasteiger partial charge on any atom is 0.301 e. The van der Waals surface area contributed by atoms with Gasteiger partial charge in [-0.1, -0.05) is 11.8 Å². The number of thioether (sulfide) groups is 1. The number of pyridine rings is 1. The summed E-state index contributed by atoms with van der Waals surface area (Å²) in [6.45, 7) is 2.10. The fourth-order valence-electron chi connectivity index (χ4n) is 1.90. The Balaban J connectivity index is 0.00000162. The maximum absolute atomic E-state index is 10.8. The second kappa shape index (κ2) is 7.56. The fraction of sp³-hybridized carbons (Fsp3) is 0.545. The molecule has 1 aliphatic rings. The van der Waals surface area contributed by atoms with E-state index in [0.29, 0.717) is 10.9 Å². The SMILES string of the molecule is Cl.O=[N+]([O-])c1cccnc1SCC1CCCNC1. The zero-order valence-electron chi connectivity index (χ0n) is 9.87. The predicted octanol–water partition coefficient (Wildman–Crippen LogP) is 2.50. The Morgan fingerprint density at radius 1 is 1.61 bits per heavy atom. The number of hydrogen-bond donors (Lipinski definition) is 1. The van der Waals surface area contributed by atoms with Gasteiger partial charge in [-0.15, -0.1) is 12.4 Å². The van der Waals surface area contributed by atoms with E-state index in [9.17, 15) is 10.1 Å². The van der Waals surface area contributed by atoms with E-state index in [1.54, 1.807) is 12.3 Å². The molecule has 1 aromatic rings. The third kappa shape index (κ3) is 4.12. The van der Waals surface area contributed by atoms with Gasteiger partial charge in [0.1, 0.15) is 0 Å². The molecule has 0 saturated carbocycles. The van der Waals surface area contributed by atoms with E-state index in [0.717, 1.165) is 18.8 Å². The highest BCUT2D eigenvalue weighted by Gasteiger charge is 2.18. The van der Waals surface area contributed by atoms with Gasteiger partial charge in [-0.05, 0) is 37.9 Å². The molecule has 18 heavy (non-hydrogen) atoms. The molecule has 0 aromatic carbocycles. The van der Waals surface area contributed by atoms with Crippen molar-refractivity contribution < 1.29 is 4.92 Å². The van der Waals surface area contributed by atoms with Crippen molar-refractivity contribution in [1.82, 2.24) is 10.3 Å². The van der Waals surface area contributed by atoms with Gasteiger partial charge in [0.2, 0.25) is 0 Å². The van der Waals surface area contributed by atoms with E-state index >= 15 is 0 Å². The van der Waals surface area contributed by atoms with Crippen LogP contribution in [0.2, 0.25) is 0 Å². The number of nitrogens with one attached hydrogen (secondary N) is 1. The molecule has 0 radical (unpaired) electrons. The van der Waals surface area contributed by atoms with E-state index in [1.807, 2.05) is 0 Å². The van der Waals surface area contributed by atoms with Gasteiger partial charge in [-0.2, -0.15) is 0 Å². The average molecular weight is 290 g/mol. The number of halogens is 1. The first-order chi connectivity index (χ1) is 8.27. The van der Waals surface area contributed by atoms with Crippen molar-refractivity contribution >= 4 is 29.9 Å². The topological polar surface area (TPSA) is 68.1 Å². The summed E-state index contributed by atoms with van der Waals surface area (Å²) in [6, 6.07) is 3.11. The summed E-state index contributed by atoms with van der Waals surface area (Å²) in [5.41, 5.74) is 0.112. The summed E-state index contributed by atoms with van der Waals surface area (Å²) in [5, 5.41) is 14.7. The van der Waals surface area contributed by atoms with Crippen LogP contribution in [-0.4, -0.2) is 28.7 Å². The van der Waals surface area contributed by atoms with Crippen LogP contribution < -0.4 is 5.32 Å². The fourth-order valence-corrected chi connectivity index (χ4v) is 3.00. The monoisotopic (exact) mass is 289 g/mol. The van der Waals surface area contributed by atoms with Crippen LogP contribution in [-0.2, 0) is 0 Å². The molecule has 1 N–H and O–H groups in total. The Hall–Kier alpha value is -0.850. The molecule has 0 aliphatic carbocycles. The Kier molecular flexibility index (Phi) is 6.38. The molecule has 1 atom stereocenters. The Morgan fingerprint density at radius 3 is 3.11 bits per heavy atom. The van der Waals surface area contributed by atoms with Gasteiger partial charge in [0.15, 0.2) is 5.03 Å². The lowest BCUT2D eigenvalue weighted by Crippen LogP contribution is -2.30. The predicted molar refractivity (Wildman–Crippen MR) is 74.5 cm³/mol. The van der Waals surface area contributed by atoms with Gasteiger partial charge >= 0.3 is 5.69 Å². The molecule has 1 aromatic heterocycles. The van der Waals surface area contributed by atoms with Crippen LogP contribution in [0.1, 0.15) is 12.8 Å². The minimum Gasteiger partial charge on any atom is -0.316 e. The molecule has 100 valence electrons. The molecule has 5 nitrogen and oxygen atoms in total. The molecule has 2 rings (SSSR count). The zero-order valence-corrected chi connectivity index (χ0v) is 11.5. The second-order valence-corrected chi connectivity index (χ2v) is 5.12. The number of hydrogen-bond acceptors (Lipinski definition) is 5. The highest BCUT2D eigenvalue weighted by molar-refractivity contribution is 7.99. The maximum atomic E-state index is 10.8. The van der Waals surface area contributed by atoms with Crippen molar-refractivity contribution in [2.24, 2.45) is 5.92 Å². The molecule has 0 spiro atoms. The first-order valence-electron chi connectivity index (χ1n) is 5.70.